The van der Waals surface area contributed by atoms with Crippen LogP contribution < -0.4 is 5.32 Å². The van der Waals surface area contributed by atoms with Gasteiger partial charge in [0.25, 0.3) is 0 Å². The SMILES string of the molecule is CCCCN(CCCC)C(=O)N[C@H](CCO)C(=O)O. The van der Waals surface area contributed by atoms with Crippen molar-refractivity contribution in [2.24, 2.45) is 0 Å². The van der Waals surface area contributed by atoms with Gasteiger partial charge in [0.15, 0.2) is 0 Å². The minimum atomic E-state index is -1.12. The molecule has 0 bridgehead atoms. The van der Waals surface area contributed by atoms with E-state index in [2.05, 4.69) is 5.32 Å². The molecular formula is C13H26N2O4. The fourth-order valence-electron chi connectivity index (χ4n) is 1.64. The summed E-state index contributed by atoms with van der Waals surface area (Å²) >= 11 is 0. The fraction of sp³-hybridized carbons (Fsp3) is 0.846. The molecule has 6 nitrogen and oxygen atoms in total. The second-order valence-corrected chi connectivity index (χ2v) is 4.55. The summed E-state index contributed by atoms with van der Waals surface area (Å²) in [5.74, 6) is -1.12. The van der Waals surface area contributed by atoms with E-state index in [0.29, 0.717) is 13.1 Å². The molecule has 0 saturated carbocycles. The Balaban J connectivity index is 4.44. The number of aliphatic carboxylic acids is 1. The predicted octanol–water partition coefficient (Wildman–Crippen LogP) is 1.43. The van der Waals surface area contributed by atoms with Crippen LogP contribution in [0.1, 0.15) is 46.0 Å². The number of hydrogen-bond acceptors (Lipinski definition) is 3. The Morgan fingerprint density at radius 2 is 1.68 bits per heavy atom. The van der Waals surface area contributed by atoms with Crippen LogP contribution in [0, 0.1) is 0 Å². The van der Waals surface area contributed by atoms with Crippen molar-refractivity contribution in [2.45, 2.75) is 52.0 Å². The summed E-state index contributed by atoms with van der Waals surface area (Å²) in [7, 11) is 0. The Labute approximate surface area is 114 Å². The molecule has 2 amide bonds. The zero-order valence-corrected chi connectivity index (χ0v) is 11.9. The zero-order valence-electron chi connectivity index (χ0n) is 11.9. The van der Waals surface area contributed by atoms with Crippen molar-refractivity contribution in [3.8, 4) is 0 Å². The lowest BCUT2D eigenvalue weighted by Gasteiger charge is -2.24. The first-order valence-electron chi connectivity index (χ1n) is 6.95. The summed E-state index contributed by atoms with van der Waals surface area (Å²) in [5.41, 5.74) is 0. The third-order valence-electron chi connectivity index (χ3n) is 2.86. The van der Waals surface area contributed by atoms with Crippen LogP contribution in [0.4, 0.5) is 4.79 Å². The second kappa shape index (κ2) is 10.6. The number of carbonyl (C=O) groups is 2. The maximum Gasteiger partial charge on any atom is 0.326 e. The molecule has 0 rings (SSSR count). The summed E-state index contributed by atoms with van der Waals surface area (Å²) in [4.78, 5) is 24.6. The minimum absolute atomic E-state index is 0.0243. The van der Waals surface area contributed by atoms with Gasteiger partial charge in [-0.25, -0.2) is 9.59 Å². The highest BCUT2D eigenvalue weighted by atomic mass is 16.4. The minimum Gasteiger partial charge on any atom is -0.480 e. The van der Waals surface area contributed by atoms with Gasteiger partial charge in [0.1, 0.15) is 6.04 Å². The number of rotatable bonds is 10. The Morgan fingerprint density at radius 1 is 1.16 bits per heavy atom. The number of amides is 2. The van der Waals surface area contributed by atoms with Crippen LogP contribution in [-0.2, 0) is 4.79 Å². The maximum absolute atomic E-state index is 12.0. The first-order chi connectivity index (χ1) is 9.06. The smallest absolute Gasteiger partial charge is 0.326 e. The van der Waals surface area contributed by atoms with E-state index in [-0.39, 0.29) is 19.1 Å². The van der Waals surface area contributed by atoms with Crippen LogP contribution in [0.5, 0.6) is 0 Å². The van der Waals surface area contributed by atoms with E-state index in [1.807, 2.05) is 13.8 Å². The molecule has 0 aromatic rings. The van der Waals surface area contributed by atoms with Crippen LogP contribution in [0.3, 0.4) is 0 Å². The highest BCUT2D eigenvalue weighted by Crippen LogP contribution is 2.02. The molecule has 0 saturated heterocycles. The molecule has 112 valence electrons. The quantitative estimate of drug-likeness (QED) is 0.562. The molecular weight excluding hydrogens is 248 g/mol. The number of carbonyl (C=O) groups excluding carboxylic acids is 1. The Hall–Kier alpha value is -1.30. The Bertz CT molecular complexity index is 263. The molecule has 0 unspecified atom stereocenters. The van der Waals surface area contributed by atoms with Gasteiger partial charge in [0, 0.05) is 26.1 Å². The maximum atomic E-state index is 12.0. The number of aliphatic hydroxyl groups is 1. The first kappa shape index (κ1) is 17.7. The number of carboxylic acid groups (broad SMARTS) is 1. The number of hydrogen-bond donors (Lipinski definition) is 3. The summed E-state index contributed by atoms with van der Waals surface area (Å²) in [6, 6.07) is -1.38. The number of nitrogens with zero attached hydrogens (tertiary/aromatic N) is 1. The second-order valence-electron chi connectivity index (χ2n) is 4.55. The summed E-state index contributed by atoms with van der Waals surface area (Å²) in [5, 5.41) is 20.2. The normalized spacial score (nSPS) is 11.9. The van der Waals surface area contributed by atoms with Gasteiger partial charge in [-0.1, -0.05) is 26.7 Å². The van der Waals surface area contributed by atoms with Crippen molar-refractivity contribution in [3.63, 3.8) is 0 Å². The summed E-state index contributed by atoms with van der Waals surface area (Å²) in [6.07, 6.45) is 3.78. The van der Waals surface area contributed by atoms with Crippen molar-refractivity contribution in [1.29, 1.82) is 0 Å². The molecule has 3 N–H and O–H groups in total. The number of carboxylic acids is 1. The average Bonchev–Trinajstić information content (AvgIpc) is 2.38. The van der Waals surface area contributed by atoms with E-state index in [0.717, 1.165) is 25.7 Å². The lowest BCUT2D eigenvalue weighted by atomic mass is 10.2. The van der Waals surface area contributed by atoms with Gasteiger partial charge in [-0.2, -0.15) is 0 Å². The van der Waals surface area contributed by atoms with E-state index in [4.69, 9.17) is 10.2 Å². The summed E-state index contributed by atoms with van der Waals surface area (Å²) < 4.78 is 0. The van der Waals surface area contributed by atoms with Gasteiger partial charge in [0.05, 0.1) is 0 Å². The molecule has 0 aromatic heterocycles. The van der Waals surface area contributed by atoms with Gasteiger partial charge in [-0.3, -0.25) is 0 Å². The molecule has 0 fully saturated rings. The van der Waals surface area contributed by atoms with E-state index in [1.165, 1.54) is 0 Å². The van der Waals surface area contributed by atoms with Crippen molar-refractivity contribution in [1.82, 2.24) is 10.2 Å². The van der Waals surface area contributed by atoms with Gasteiger partial charge >= 0.3 is 12.0 Å². The van der Waals surface area contributed by atoms with E-state index >= 15 is 0 Å². The molecule has 19 heavy (non-hydrogen) atoms. The highest BCUT2D eigenvalue weighted by Gasteiger charge is 2.22. The Morgan fingerprint density at radius 3 is 2.05 bits per heavy atom. The molecule has 0 heterocycles. The number of unbranched alkanes of at least 4 members (excludes halogenated alkanes) is 2. The molecule has 1 atom stereocenters. The lowest BCUT2D eigenvalue weighted by molar-refractivity contribution is -0.139. The van der Waals surface area contributed by atoms with Crippen molar-refractivity contribution < 1.29 is 19.8 Å². The number of urea groups is 1. The largest absolute Gasteiger partial charge is 0.480 e. The third kappa shape index (κ3) is 7.66. The Kier molecular flexibility index (Phi) is 9.88. The van der Waals surface area contributed by atoms with Crippen LogP contribution in [-0.4, -0.2) is 52.9 Å². The topological polar surface area (TPSA) is 89.9 Å². The van der Waals surface area contributed by atoms with E-state index in [1.54, 1.807) is 4.90 Å². The molecule has 0 aliphatic rings. The van der Waals surface area contributed by atoms with Crippen LogP contribution >= 0.6 is 0 Å². The van der Waals surface area contributed by atoms with Crippen molar-refractivity contribution >= 4 is 12.0 Å². The first-order valence-corrected chi connectivity index (χ1v) is 6.95. The molecule has 0 aliphatic carbocycles. The van der Waals surface area contributed by atoms with Gasteiger partial charge in [-0.05, 0) is 12.8 Å². The average molecular weight is 274 g/mol. The molecule has 0 spiro atoms. The van der Waals surface area contributed by atoms with Gasteiger partial charge < -0.3 is 20.4 Å². The van der Waals surface area contributed by atoms with Crippen LogP contribution in [0.2, 0.25) is 0 Å². The van der Waals surface area contributed by atoms with Crippen LogP contribution in [0.15, 0.2) is 0 Å². The third-order valence-corrected chi connectivity index (χ3v) is 2.86. The standard InChI is InChI=1S/C13H26N2O4/c1-3-5-8-15(9-6-4-2)13(19)14-11(7-10-16)12(17)18/h11,16H,3-10H2,1-2H3,(H,14,19)(H,17,18)/t11-/m1/s1. The number of aliphatic hydroxyl groups excluding tert-OH is 1. The van der Waals surface area contributed by atoms with Crippen LogP contribution in [0.25, 0.3) is 0 Å². The van der Waals surface area contributed by atoms with E-state index in [9.17, 15) is 9.59 Å². The molecule has 0 aromatic carbocycles. The highest BCUT2D eigenvalue weighted by molar-refractivity contribution is 5.82. The zero-order chi connectivity index (χ0) is 14.7. The van der Waals surface area contributed by atoms with Gasteiger partial charge in [0.2, 0.25) is 0 Å². The molecule has 6 heteroatoms. The monoisotopic (exact) mass is 274 g/mol. The fourth-order valence-corrected chi connectivity index (χ4v) is 1.64. The van der Waals surface area contributed by atoms with Crippen molar-refractivity contribution in [3.05, 3.63) is 0 Å². The molecule has 0 aliphatic heterocycles. The van der Waals surface area contributed by atoms with Gasteiger partial charge in [-0.15, -0.1) is 0 Å². The number of nitrogens with one attached hydrogen (secondary N) is 1. The lowest BCUT2D eigenvalue weighted by Crippen LogP contribution is -2.48. The van der Waals surface area contributed by atoms with Crippen molar-refractivity contribution in [2.75, 3.05) is 19.7 Å². The van der Waals surface area contributed by atoms with E-state index < -0.39 is 12.0 Å². The molecule has 0 radical (unpaired) electrons. The predicted molar refractivity (Wildman–Crippen MR) is 73.0 cm³/mol. The summed E-state index contributed by atoms with van der Waals surface area (Å²) in [6.45, 7) is 5.09.